The average molecular weight is 293 g/mol. The molecule has 0 spiro atoms. The van der Waals surface area contributed by atoms with Gasteiger partial charge in [-0.2, -0.15) is 0 Å². The second-order valence-electron chi connectivity index (χ2n) is 5.31. The summed E-state index contributed by atoms with van der Waals surface area (Å²) in [6.45, 7) is 5.50. The van der Waals surface area contributed by atoms with Crippen LogP contribution in [0.25, 0.3) is 0 Å². The smallest absolute Gasteiger partial charge is 0.311 e. The number of nitrogens with one attached hydrogen (secondary N) is 1. The van der Waals surface area contributed by atoms with Gasteiger partial charge in [0.25, 0.3) is 0 Å². The highest BCUT2D eigenvalue weighted by molar-refractivity contribution is 5.48. The average Bonchev–Trinajstić information content (AvgIpc) is 2.52. The molecule has 0 atom stereocenters. The zero-order valence-electron chi connectivity index (χ0n) is 12.5. The highest BCUT2D eigenvalue weighted by Crippen LogP contribution is 2.28. The number of rotatable bonds is 7. The Balaban J connectivity index is 1.80. The van der Waals surface area contributed by atoms with Gasteiger partial charge in [-0.15, -0.1) is 0 Å². The molecule has 0 unspecified atom stereocenters. The molecule has 1 aliphatic rings. The molecular weight excluding hydrogens is 270 g/mol. The monoisotopic (exact) mass is 293 g/mol. The van der Waals surface area contributed by atoms with Crippen molar-refractivity contribution in [2.75, 3.05) is 39.8 Å². The number of nitro benzene ring substituents is 1. The summed E-state index contributed by atoms with van der Waals surface area (Å²) in [5.41, 5.74) is 1.06. The van der Waals surface area contributed by atoms with Crippen LogP contribution in [0, 0.1) is 10.1 Å². The predicted octanol–water partition coefficient (Wildman–Crippen LogP) is 1.83. The number of nitro groups is 1. The summed E-state index contributed by atoms with van der Waals surface area (Å²) >= 11 is 0. The van der Waals surface area contributed by atoms with Crippen molar-refractivity contribution in [1.29, 1.82) is 0 Å². The normalized spacial score (nSPS) is 15.9. The van der Waals surface area contributed by atoms with Crippen molar-refractivity contribution in [2.24, 2.45) is 0 Å². The van der Waals surface area contributed by atoms with Gasteiger partial charge >= 0.3 is 5.69 Å². The van der Waals surface area contributed by atoms with Crippen LogP contribution in [-0.2, 0) is 6.42 Å². The Bertz CT molecular complexity index is 473. The van der Waals surface area contributed by atoms with Crippen LogP contribution in [0.1, 0.15) is 18.4 Å². The lowest BCUT2D eigenvalue weighted by atomic mass is 10.1. The molecule has 1 fully saturated rings. The van der Waals surface area contributed by atoms with E-state index in [1.165, 1.54) is 7.11 Å². The molecule has 1 aromatic rings. The quantitative estimate of drug-likeness (QED) is 0.472. The molecule has 116 valence electrons. The standard InChI is InChI=1S/C15H23N3O3/c1-21-15-6-5-13(12-14(15)18(19)20)4-2-3-9-17-10-7-16-8-11-17/h5-6,12,16H,2-4,7-11H2,1H3. The van der Waals surface area contributed by atoms with Crippen molar-refractivity contribution >= 4 is 5.69 Å². The number of nitrogens with zero attached hydrogens (tertiary/aromatic N) is 2. The van der Waals surface area contributed by atoms with Crippen molar-refractivity contribution in [3.8, 4) is 5.75 Å². The Morgan fingerprint density at radius 3 is 2.76 bits per heavy atom. The minimum Gasteiger partial charge on any atom is -0.490 e. The van der Waals surface area contributed by atoms with E-state index >= 15 is 0 Å². The van der Waals surface area contributed by atoms with Gasteiger partial charge in [0.2, 0.25) is 0 Å². The zero-order valence-corrected chi connectivity index (χ0v) is 12.5. The van der Waals surface area contributed by atoms with Crippen LogP contribution in [0.4, 0.5) is 5.69 Å². The van der Waals surface area contributed by atoms with Crippen molar-refractivity contribution in [1.82, 2.24) is 10.2 Å². The van der Waals surface area contributed by atoms with E-state index < -0.39 is 0 Å². The molecule has 21 heavy (non-hydrogen) atoms. The van der Waals surface area contributed by atoms with E-state index in [1.54, 1.807) is 12.1 Å². The second kappa shape index (κ2) is 7.95. The molecule has 1 heterocycles. The van der Waals surface area contributed by atoms with E-state index in [0.29, 0.717) is 5.75 Å². The number of benzene rings is 1. The summed E-state index contributed by atoms with van der Waals surface area (Å²) in [6, 6.07) is 5.23. The fourth-order valence-electron chi connectivity index (χ4n) is 2.63. The number of unbranched alkanes of at least 4 members (excludes halogenated alkanes) is 1. The van der Waals surface area contributed by atoms with E-state index in [2.05, 4.69) is 10.2 Å². The predicted molar refractivity (Wildman–Crippen MR) is 81.9 cm³/mol. The van der Waals surface area contributed by atoms with Gasteiger partial charge < -0.3 is 15.0 Å². The van der Waals surface area contributed by atoms with Crippen LogP contribution in [-0.4, -0.2) is 49.7 Å². The molecule has 0 bridgehead atoms. The summed E-state index contributed by atoms with van der Waals surface area (Å²) in [7, 11) is 1.45. The minimum atomic E-state index is -0.386. The Morgan fingerprint density at radius 2 is 2.10 bits per heavy atom. The van der Waals surface area contributed by atoms with Gasteiger partial charge in [-0.1, -0.05) is 6.07 Å². The van der Waals surface area contributed by atoms with Gasteiger partial charge in [0, 0.05) is 32.2 Å². The molecule has 0 aliphatic carbocycles. The first-order valence-corrected chi connectivity index (χ1v) is 7.45. The number of ether oxygens (including phenoxy) is 1. The number of aryl methyl sites for hydroxylation is 1. The van der Waals surface area contributed by atoms with Gasteiger partial charge in [0.15, 0.2) is 5.75 Å². The Hall–Kier alpha value is -1.66. The van der Waals surface area contributed by atoms with Crippen LogP contribution in [0.2, 0.25) is 0 Å². The van der Waals surface area contributed by atoms with Crippen molar-refractivity contribution in [2.45, 2.75) is 19.3 Å². The first-order valence-electron chi connectivity index (χ1n) is 7.45. The summed E-state index contributed by atoms with van der Waals surface area (Å²) in [4.78, 5) is 13.1. The second-order valence-corrected chi connectivity index (χ2v) is 5.31. The summed E-state index contributed by atoms with van der Waals surface area (Å²) in [5, 5.41) is 14.3. The van der Waals surface area contributed by atoms with Crippen molar-refractivity contribution in [3.63, 3.8) is 0 Å². The molecule has 0 radical (unpaired) electrons. The third-order valence-corrected chi connectivity index (χ3v) is 3.84. The number of piperazine rings is 1. The fourth-order valence-corrected chi connectivity index (χ4v) is 2.63. The van der Waals surface area contributed by atoms with Crippen molar-refractivity contribution in [3.05, 3.63) is 33.9 Å². The Labute approximate surface area is 125 Å². The summed E-state index contributed by atoms with van der Waals surface area (Å²) in [5.74, 6) is 0.324. The highest BCUT2D eigenvalue weighted by atomic mass is 16.6. The van der Waals surface area contributed by atoms with E-state index in [1.807, 2.05) is 6.07 Å². The molecule has 1 aromatic carbocycles. The van der Waals surface area contributed by atoms with E-state index in [4.69, 9.17) is 4.74 Å². The van der Waals surface area contributed by atoms with Crippen LogP contribution in [0.3, 0.4) is 0 Å². The molecule has 1 aliphatic heterocycles. The van der Waals surface area contributed by atoms with E-state index in [-0.39, 0.29) is 10.6 Å². The maximum Gasteiger partial charge on any atom is 0.311 e. The Kier molecular flexibility index (Phi) is 5.95. The number of hydrogen-bond donors (Lipinski definition) is 1. The van der Waals surface area contributed by atoms with Crippen LogP contribution in [0.15, 0.2) is 18.2 Å². The SMILES string of the molecule is COc1ccc(CCCCN2CCNCC2)cc1[N+](=O)[O-]. The van der Waals surface area contributed by atoms with Gasteiger partial charge in [-0.25, -0.2) is 0 Å². The van der Waals surface area contributed by atoms with E-state index in [0.717, 1.165) is 57.5 Å². The fraction of sp³-hybridized carbons (Fsp3) is 0.600. The third-order valence-electron chi connectivity index (χ3n) is 3.84. The van der Waals surface area contributed by atoms with Gasteiger partial charge in [0.05, 0.1) is 12.0 Å². The molecule has 6 nitrogen and oxygen atoms in total. The number of methoxy groups -OCH3 is 1. The Morgan fingerprint density at radius 1 is 1.33 bits per heavy atom. The molecule has 6 heteroatoms. The summed E-state index contributed by atoms with van der Waals surface area (Å²) in [6.07, 6.45) is 3.05. The first-order chi connectivity index (χ1) is 10.2. The maximum absolute atomic E-state index is 11.0. The van der Waals surface area contributed by atoms with Crippen LogP contribution < -0.4 is 10.1 Å². The lowest BCUT2D eigenvalue weighted by Crippen LogP contribution is -2.43. The molecule has 0 saturated carbocycles. The molecule has 0 amide bonds. The molecular formula is C15H23N3O3. The first kappa shape index (κ1) is 15.7. The number of hydrogen-bond acceptors (Lipinski definition) is 5. The molecule has 1 N–H and O–H groups in total. The van der Waals surface area contributed by atoms with E-state index in [9.17, 15) is 10.1 Å². The third kappa shape index (κ3) is 4.68. The van der Waals surface area contributed by atoms with Crippen LogP contribution in [0.5, 0.6) is 5.75 Å². The minimum absolute atomic E-state index is 0.0529. The molecule has 0 aromatic heterocycles. The molecule has 1 saturated heterocycles. The lowest BCUT2D eigenvalue weighted by molar-refractivity contribution is -0.385. The zero-order chi connectivity index (χ0) is 15.1. The lowest BCUT2D eigenvalue weighted by Gasteiger charge is -2.27. The highest BCUT2D eigenvalue weighted by Gasteiger charge is 2.15. The topological polar surface area (TPSA) is 67.6 Å². The van der Waals surface area contributed by atoms with Crippen LogP contribution >= 0.6 is 0 Å². The molecule has 2 rings (SSSR count). The van der Waals surface area contributed by atoms with Gasteiger partial charge in [-0.05, 0) is 37.4 Å². The van der Waals surface area contributed by atoms with Gasteiger partial charge in [-0.3, -0.25) is 10.1 Å². The largest absolute Gasteiger partial charge is 0.490 e. The summed E-state index contributed by atoms with van der Waals surface area (Å²) < 4.78 is 5.01. The van der Waals surface area contributed by atoms with Gasteiger partial charge in [0.1, 0.15) is 0 Å². The maximum atomic E-state index is 11.0. The van der Waals surface area contributed by atoms with Crippen molar-refractivity contribution < 1.29 is 9.66 Å².